The van der Waals surface area contributed by atoms with E-state index in [0.717, 1.165) is 19.5 Å². The van der Waals surface area contributed by atoms with Crippen LogP contribution < -0.4 is 16.4 Å². The minimum absolute atomic E-state index is 0.359. The molecule has 0 aromatic carbocycles. The Morgan fingerprint density at radius 3 is 2.52 bits per heavy atom. The van der Waals surface area contributed by atoms with Gasteiger partial charge in [-0.25, -0.2) is 9.59 Å². The van der Waals surface area contributed by atoms with Crippen molar-refractivity contribution in [2.24, 2.45) is 11.7 Å². The van der Waals surface area contributed by atoms with Gasteiger partial charge in [0, 0.05) is 19.1 Å². The van der Waals surface area contributed by atoms with E-state index in [9.17, 15) is 14.4 Å². The fourth-order valence-electron chi connectivity index (χ4n) is 2.35. The maximum atomic E-state index is 11.7. The van der Waals surface area contributed by atoms with Crippen molar-refractivity contribution in [1.29, 1.82) is 0 Å². The SMILES string of the molecule is CC(C)N1CCC(CNC(=O)NC(CC(N)=O)C(=O)O)C1. The summed E-state index contributed by atoms with van der Waals surface area (Å²) in [6.45, 7) is 6.66. The first-order valence-corrected chi connectivity index (χ1v) is 7.09. The maximum absolute atomic E-state index is 11.7. The van der Waals surface area contributed by atoms with E-state index < -0.39 is 30.4 Å². The molecule has 0 aromatic rings. The third kappa shape index (κ3) is 5.99. The van der Waals surface area contributed by atoms with Gasteiger partial charge >= 0.3 is 12.0 Å². The van der Waals surface area contributed by atoms with Crippen LogP contribution in [0.1, 0.15) is 26.7 Å². The smallest absolute Gasteiger partial charge is 0.326 e. The number of rotatable bonds is 7. The Morgan fingerprint density at radius 1 is 1.38 bits per heavy atom. The third-order valence-corrected chi connectivity index (χ3v) is 3.61. The number of nitrogens with zero attached hydrogens (tertiary/aromatic N) is 1. The van der Waals surface area contributed by atoms with Gasteiger partial charge in [0.25, 0.3) is 0 Å². The second kappa shape index (κ2) is 7.82. The Morgan fingerprint density at radius 2 is 2.05 bits per heavy atom. The van der Waals surface area contributed by atoms with Crippen LogP contribution in [-0.4, -0.2) is 59.6 Å². The van der Waals surface area contributed by atoms with Crippen LogP contribution in [0.5, 0.6) is 0 Å². The predicted molar refractivity (Wildman–Crippen MR) is 76.6 cm³/mol. The van der Waals surface area contributed by atoms with E-state index in [1.54, 1.807) is 0 Å². The van der Waals surface area contributed by atoms with Crippen LogP contribution in [-0.2, 0) is 9.59 Å². The standard InChI is InChI=1S/C13H24N4O4/c1-8(2)17-4-3-9(7-17)6-15-13(21)16-10(12(19)20)5-11(14)18/h8-10H,3-7H2,1-2H3,(H2,14,18)(H,19,20)(H2,15,16,21). The van der Waals surface area contributed by atoms with E-state index >= 15 is 0 Å². The molecule has 0 aliphatic carbocycles. The second-order valence-corrected chi connectivity index (χ2v) is 5.66. The number of likely N-dealkylation sites (tertiary alicyclic amines) is 1. The molecule has 5 N–H and O–H groups in total. The number of primary amides is 1. The minimum atomic E-state index is -1.29. The van der Waals surface area contributed by atoms with Crippen LogP contribution >= 0.6 is 0 Å². The van der Waals surface area contributed by atoms with Gasteiger partial charge in [-0.3, -0.25) is 4.79 Å². The number of carbonyl (C=O) groups excluding carboxylic acids is 2. The van der Waals surface area contributed by atoms with Crippen molar-refractivity contribution < 1.29 is 19.5 Å². The van der Waals surface area contributed by atoms with Gasteiger partial charge < -0.3 is 26.4 Å². The highest BCUT2D eigenvalue weighted by molar-refractivity contribution is 5.87. The molecule has 8 heteroatoms. The summed E-state index contributed by atoms with van der Waals surface area (Å²) in [4.78, 5) is 35.6. The van der Waals surface area contributed by atoms with Gasteiger partial charge in [0.05, 0.1) is 6.42 Å². The number of nitrogens with one attached hydrogen (secondary N) is 2. The highest BCUT2D eigenvalue weighted by Gasteiger charge is 2.26. The summed E-state index contributed by atoms with van der Waals surface area (Å²) in [6.07, 6.45) is 0.579. The van der Waals surface area contributed by atoms with E-state index in [2.05, 4.69) is 29.4 Å². The number of nitrogens with two attached hydrogens (primary N) is 1. The highest BCUT2D eigenvalue weighted by Crippen LogP contribution is 2.17. The van der Waals surface area contributed by atoms with Gasteiger partial charge in [-0.1, -0.05) is 0 Å². The molecule has 1 heterocycles. The monoisotopic (exact) mass is 300 g/mol. The Hall–Kier alpha value is -1.83. The maximum Gasteiger partial charge on any atom is 0.326 e. The number of amides is 3. The minimum Gasteiger partial charge on any atom is -0.480 e. The lowest BCUT2D eigenvalue weighted by molar-refractivity contribution is -0.140. The van der Waals surface area contributed by atoms with Gasteiger partial charge in [-0.15, -0.1) is 0 Å². The van der Waals surface area contributed by atoms with Crippen molar-refractivity contribution in [3.05, 3.63) is 0 Å². The van der Waals surface area contributed by atoms with Crippen molar-refractivity contribution in [3.63, 3.8) is 0 Å². The van der Waals surface area contributed by atoms with Crippen LogP contribution in [0.4, 0.5) is 4.79 Å². The molecule has 0 radical (unpaired) electrons. The second-order valence-electron chi connectivity index (χ2n) is 5.66. The zero-order chi connectivity index (χ0) is 16.0. The first kappa shape index (κ1) is 17.2. The summed E-state index contributed by atoms with van der Waals surface area (Å²) in [5.41, 5.74) is 4.94. The molecule has 120 valence electrons. The molecule has 0 saturated carbocycles. The first-order valence-electron chi connectivity index (χ1n) is 7.09. The Kier molecular flexibility index (Phi) is 6.41. The molecule has 2 atom stereocenters. The zero-order valence-corrected chi connectivity index (χ0v) is 12.5. The lowest BCUT2D eigenvalue weighted by Crippen LogP contribution is -2.48. The molecule has 1 aliphatic rings. The number of carboxylic acid groups (broad SMARTS) is 1. The van der Waals surface area contributed by atoms with Crippen LogP contribution in [0.2, 0.25) is 0 Å². The molecule has 1 saturated heterocycles. The molecule has 1 fully saturated rings. The van der Waals surface area contributed by atoms with Crippen LogP contribution in [0.15, 0.2) is 0 Å². The van der Waals surface area contributed by atoms with Crippen LogP contribution in [0, 0.1) is 5.92 Å². The Balaban J connectivity index is 2.33. The molecular weight excluding hydrogens is 276 g/mol. The molecule has 21 heavy (non-hydrogen) atoms. The summed E-state index contributed by atoms with van der Waals surface area (Å²) in [5, 5.41) is 13.8. The number of aliphatic carboxylic acids is 1. The number of hydrogen-bond acceptors (Lipinski definition) is 4. The van der Waals surface area contributed by atoms with Crippen LogP contribution in [0.25, 0.3) is 0 Å². The lowest BCUT2D eigenvalue weighted by Gasteiger charge is -2.20. The zero-order valence-electron chi connectivity index (χ0n) is 12.5. The first-order chi connectivity index (χ1) is 9.79. The average molecular weight is 300 g/mol. The topological polar surface area (TPSA) is 125 Å². The molecule has 1 rings (SSSR count). The van der Waals surface area contributed by atoms with E-state index in [0.29, 0.717) is 18.5 Å². The normalized spacial score (nSPS) is 20.2. The van der Waals surface area contributed by atoms with E-state index in [-0.39, 0.29) is 0 Å². The van der Waals surface area contributed by atoms with Crippen molar-refractivity contribution in [3.8, 4) is 0 Å². The van der Waals surface area contributed by atoms with E-state index in [4.69, 9.17) is 10.8 Å². The number of hydrogen-bond donors (Lipinski definition) is 4. The molecule has 3 amide bonds. The number of carboxylic acids is 1. The molecule has 1 aliphatic heterocycles. The van der Waals surface area contributed by atoms with E-state index in [1.165, 1.54) is 0 Å². The molecule has 8 nitrogen and oxygen atoms in total. The molecule has 0 bridgehead atoms. The third-order valence-electron chi connectivity index (χ3n) is 3.61. The molecule has 0 spiro atoms. The quantitative estimate of drug-likeness (QED) is 0.497. The van der Waals surface area contributed by atoms with Gasteiger partial charge in [0.2, 0.25) is 5.91 Å². The van der Waals surface area contributed by atoms with Crippen molar-refractivity contribution in [1.82, 2.24) is 15.5 Å². The summed E-state index contributed by atoms with van der Waals surface area (Å²) in [6, 6.07) is -1.40. The molecular formula is C13H24N4O4. The Bertz CT molecular complexity index is 400. The van der Waals surface area contributed by atoms with Crippen LogP contribution in [0.3, 0.4) is 0 Å². The highest BCUT2D eigenvalue weighted by atomic mass is 16.4. The summed E-state index contributed by atoms with van der Waals surface area (Å²) in [7, 11) is 0. The Labute approximate surface area is 124 Å². The van der Waals surface area contributed by atoms with Gasteiger partial charge in [-0.2, -0.15) is 0 Å². The van der Waals surface area contributed by atoms with E-state index in [1.807, 2.05) is 0 Å². The fraction of sp³-hybridized carbons (Fsp3) is 0.769. The molecule has 0 aromatic heterocycles. The number of urea groups is 1. The molecule has 2 unspecified atom stereocenters. The van der Waals surface area contributed by atoms with Crippen molar-refractivity contribution >= 4 is 17.9 Å². The fourth-order valence-corrected chi connectivity index (χ4v) is 2.35. The predicted octanol–water partition coefficient (Wildman–Crippen LogP) is -0.655. The largest absolute Gasteiger partial charge is 0.480 e. The summed E-state index contributed by atoms with van der Waals surface area (Å²) < 4.78 is 0. The lowest BCUT2D eigenvalue weighted by atomic mass is 10.1. The average Bonchev–Trinajstić information content (AvgIpc) is 2.83. The summed E-state index contributed by atoms with van der Waals surface area (Å²) >= 11 is 0. The van der Waals surface area contributed by atoms with Gasteiger partial charge in [-0.05, 0) is 32.7 Å². The number of carbonyl (C=O) groups is 3. The van der Waals surface area contributed by atoms with Crippen molar-refractivity contribution in [2.75, 3.05) is 19.6 Å². The summed E-state index contributed by atoms with van der Waals surface area (Å²) in [5.74, 6) is -1.69. The van der Waals surface area contributed by atoms with Crippen molar-refractivity contribution in [2.45, 2.75) is 38.8 Å². The van der Waals surface area contributed by atoms with Gasteiger partial charge in [0.1, 0.15) is 6.04 Å². The van der Waals surface area contributed by atoms with Gasteiger partial charge in [0.15, 0.2) is 0 Å².